The summed E-state index contributed by atoms with van der Waals surface area (Å²) in [6.07, 6.45) is 0.424. The summed E-state index contributed by atoms with van der Waals surface area (Å²) in [5.41, 5.74) is 0.396. The minimum atomic E-state index is -0.852. The standard InChI is InChI=1S/C19H23NO4/c1-14-7-8-17(24-14)16(21)13-20-18(22)19(9-11-23-12-10-19)15-5-3-2-4-6-15/h2-8,16,21H,9-13H2,1H3,(H,20,22)/t16-/m0/s1. The third-order valence-corrected chi connectivity index (χ3v) is 4.65. The van der Waals surface area contributed by atoms with E-state index in [0.29, 0.717) is 31.8 Å². The van der Waals surface area contributed by atoms with E-state index in [9.17, 15) is 9.90 Å². The lowest BCUT2D eigenvalue weighted by Gasteiger charge is -2.36. The Hall–Kier alpha value is -2.11. The Morgan fingerprint density at radius 1 is 1.21 bits per heavy atom. The summed E-state index contributed by atoms with van der Waals surface area (Å²) >= 11 is 0. The minimum Gasteiger partial charge on any atom is -0.464 e. The summed E-state index contributed by atoms with van der Waals surface area (Å²) in [5.74, 6) is 1.13. The van der Waals surface area contributed by atoms with E-state index in [2.05, 4.69) is 5.32 Å². The molecule has 1 aliphatic heterocycles. The second-order valence-corrected chi connectivity index (χ2v) is 6.23. The Morgan fingerprint density at radius 3 is 2.54 bits per heavy atom. The van der Waals surface area contributed by atoms with Crippen molar-refractivity contribution in [1.82, 2.24) is 5.32 Å². The maximum Gasteiger partial charge on any atom is 0.230 e. The number of hydrogen-bond donors (Lipinski definition) is 2. The van der Waals surface area contributed by atoms with E-state index in [0.717, 1.165) is 11.3 Å². The van der Waals surface area contributed by atoms with Crippen molar-refractivity contribution in [2.45, 2.75) is 31.3 Å². The molecule has 128 valence electrons. The Labute approximate surface area is 141 Å². The zero-order chi connectivity index (χ0) is 17.0. The average Bonchev–Trinajstić information content (AvgIpc) is 3.07. The number of carbonyl (C=O) groups is 1. The van der Waals surface area contributed by atoms with Gasteiger partial charge in [0.2, 0.25) is 5.91 Å². The second-order valence-electron chi connectivity index (χ2n) is 6.23. The van der Waals surface area contributed by atoms with Crippen molar-refractivity contribution in [2.75, 3.05) is 19.8 Å². The molecule has 0 spiro atoms. The number of ether oxygens (including phenoxy) is 1. The molecule has 5 nitrogen and oxygen atoms in total. The maximum absolute atomic E-state index is 13.0. The summed E-state index contributed by atoms with van der Waals surface area (Å²) < 4.78 is 10.9. The predicted molar refractivity (Wildman–Crippen MR) is 89.6 cm³/mol. The third-order valence-electron chi connectivity index (χ3n) is 4.65. The number of carbonyl (C=O) groups excluding carboxylic acids is 1. The zero-order valence-electron chi connectivity index (χ0n) is 13.8. The Kier molecular flexibility index (Phi) is 5.02. The summed E-state index contributed by atoms with van der Waals surface area (Å²) in [5, 5.41) is 13.1. The first kappa shape index (κ1) is 16.7. The fourth-order valence-electron chi connectivity index (χ4n) is 3.22. The van der Waals surface area contributed by atoms with Gasteiger partial charge < -0.3 is 19.6 Å². The van der Waals surface area contributed by atoms with Crippen molar-refractivity contribution in [2.24, 2.45) is 0 Å². The molecule has 0 saturated carbocycles. The lowest BCUT2D eigenvalue weighted by atomic mass is 9.73. The number of rotatable bonds is 5. The highest BCUT2D eigenvalue weighted by Gasteiger charge is 2.41. The van der Waals surface area contributed by atoms with Crippen LogP contribution in [0.4, 0.5) is 0 Å². The van der Waals surface area contributed by atoms with Crippen LogP contribution in [0.25, 0.3) is 0 Å². The molecule has 0 aliphatic carbocycles. The topological polar surface area (TPSA) is 71.7 Å². The van der Waals surface area contributed by atoms with Gasteiger partial charge in [0.25, 0.3) is 0 Å². The van der Waals surface area contributed by atoms with E-state index < -0.39 is 11.5 Å². The lowest BCUT2D eigenvalue weighted by molar-refractivity contribution is -0.131. The van der Waals surface area contributed by atoms with Crippen molar-refractivity contribution >= 4 is 5.91 Å². The fraction of sp³-hybridized carbons (Fsp3) is 0.421. The van der Waals surface area contributed by atoms with Crippen LogP contribution in [0.3, 0.4) is 0 Å². The number of hydrogen-bond acceptors (Lipinski definition) is 4. The molecule has 1 aromatic heterocycles. The van der Waals surface area contributed by atoms with Gasteiger partial charge in [-0.2, -0.15) is 0 Å². The van der Waals surface area contributed by atoms with E-state index in [1.165, 1.54) is 0 Å². The van der Waals surface area contributed by atoms with Crippen LogP contribution < -0.4 is 5.32 Å². The average molecular weight is 329 g/mol. The van der Waals surface area contributed by atoms with Crippen molar-refractivity contribution < 1.29 is 19.1 Å². The molecule has 0 radical (unpaired) electrons. The summed E-state index contributed by atoms with van der Waals surface area (Å²) in [6, 6.07) is 13.3. The molecule has 1 atom stereocenters. The molecule has 2 N–H and O–H groups in total. The predicted octanol–water partition coefficient (Wildman–Crippen LogP) is 2.49. The smallest absolute Gasteiger partial charge is 0.230 e. The van der Waals surface area contributed by atoms with Crippen LogP contribution in [0.1, 0.15) is 36.0 Å². The van der Waals surface area contributed by atoms with E-state index in [1.807, 2.05) is 37.3 Å². The van der Waals surface area contributed by atoms with E-state index >= 15 is 0 Å². The minimum absolute atomic E-state index is 0.0701. The summed E-state index contributed by atoms with van der Waals surface area (Å²) in [7, 11) is 0. The largest absolute Gasteiger partial charge is 0.464 e. The SMILES string of the molecule is Cc1ccc([C@@H](O)CNC(=O)C2(c3ccccc3)CCOCC2)o1. The molecule has 5 heteroatoms. The van der Waals surface area contributed by atoms with Crippen molar-refractivity contribution in [3.63, 3.8) is 0 Å². The molecule has 0 bridgehead atoms. The van der Waals surface area contributed by atoms with Gasteiger partial charge in [-0.25, -0.2) is 0 Å². The van der Waals surface area contributed by atoms with E-state index in [-0.39, 0.29) is 12.5 Å². The zero-order valence-corrected chi connectivity index (χ0v) is 13.8. The molecule has 1 aliphatic rings. The molecule has 2 aromatic rings. The van der Waals surface area contributed by atoms with Gasteiger partial charge in [-0.3, -0.25) is 4.79 Å². The monoisotopic (exact) mass is 329 g/mol. The van der Waals surface area contributed by atoms with Crippen LogP contribution in [0.2, 0.25) is 0 Å². The fourth-order valence-corrected chi connectivity index (χ4v) is 3.22. The van der Waals surface area contributed by atoms with Crippen LogP contribution in [0.5, 0.6) is 0 Å². The molecule has 1 aromatic carbocycles. The van der Waals surface area contributed by atoms with Crippen LogP contribution in [0.15, 0.2) is 46.9 Å². The van der Waals surface area contributed by atoms with Gasteiger partial charge in [-0.15, -0.1) is 0 Å². The highest BCUT2D eigenvalue weighted by Crippen LogP contribution is 2.35. The Balaban J connectivity index is 1.72. The molecule has 1 fully saturated rings. The first-order chi connectivity index (χ1) is 11.6. The van der Waals surface area contributed by atoms with Crippen LogP contribution >= 0.6 is 0 Å². The number of benzene rings is 1. The van der Waals surface area contributed by atoms with Gasteiger partial charge in [-0.1, -0.05) is 30.3 Å². The molecular weight excluding hydrogens is 306 g/mol. The molecule has 1 amide bonds. The molecule has 0 unspecified atom stereocenters. The molecular formula is C19H23NO4. The van der Waals surface area contributed by atoms with E-state index in [1.54, 1.807) is 12.1 Å². The Bertz CT molecular complexity index is 674. The quantitative estimate of drug-likeness (QED) is 0.884. The van der Waals surface area contributed by atoms with Gasteiger partial charge in [0.15, 0.2) is 0 Å². The number of aryl methyl sites for hydroxylation is 1. The summed E-state index contributed by atoms with van der Waals surface area (Å²) in [6.45, 7) is 3.06. The van der Waals surface area contributed by atoms with Gasteiger partial charge >= 0.3 is 0 Å². The molecule has 2 heterocycles. The molecule has 1 saturated heterocycles. The second kappa shape index (κ2) is 7.20. The maximum atomic E-state index is 13.0. The number of furan rings is 1. The first-order valence-corrected chi connectivity index (χ1v) is 8.28. The van der Waals surface area contributed by atoms with Gasteiger partial charge in [0.1, 0.15) is 17.6 Å². The number of nitrogens with one attached hydrogen (secondary N) is 1. The number of amides is 1. The van der Waals surface area contributed by atoms with Gasteiger partial charge in [-0.05, 0) is 37.5 Å². The van der Waals surface area contributed by atoms with Crippen molar-refractivity contribution in [1.29, 1.82) is 0 Å². The van der Waals surface area contributed by atoms with Crippen LogP contribution in [-0.2, 0) is 14.9 Å². The lowest BCUT2D eigenvalue weighted by Crippen LogP contribution is -2.48. The van der Waals surface area contributed by atoms with Gasteiger partial charge in [0.05, 0.1) is 12.0 Å². The third kappa shape index (κ3) is 3.37. The molecule has 3 rings (SSSR count). The first-order valence-electron chi connectivity index (χ1n) is 8.28. The highest BCUT2D eigenvalue weighted by atomic mass is 16.5. The molecule has 24 heavy (non-hydrogen) atoms. The Morgan fingerprint density at radius 2 is 1.92 bits per heavy atom. The van der Waals surface area contributed by atoms with E-state index in [4.69, 9.17) is 9.15 Å². The normalized spacial score (nSPS) is 18.1. The summed E-state index contributed by atoms with van der Waals surface area (Å²) in [4.78, 5) is 13.0. The van der Waals surface area contributed by atoms with Crippen molar-refractivity contribution in [3.05, 3.63) is 59.5 Å². The number of aliphatic hydroxyl groups excluding tert-OH is 1. The van der Waals surface area contributed by atoms with Crippen LogP contribution in [-0.4, -0.2) is 30.8 Å². The van der Waals surface area contributed by atoms with Crippen molar-refractivity contribution in [3.8, 4) is 0 Å². The van der Waals surface area contributed by atoms with Crippen LogP contribution in [0, 0.1) is 6.92 Å². The van der Waals surface area contributed by atoms with Gasteiger partial charge in [0, 0.05) is 13.2 Å². The number of aliphatic hydroxyl groups is 1. The highest BCUT2D eigenvalue weighted by molar-refractivity contribution is 5.88.